The lowest BCUT2D eigenvalue weighted by Gasteiger charge is -2.25. The van der Waals surface area contributed by atoms with Crippen molar-refractivity contribution in [2.75, 3.05) is 19.7 Å². The minimum atomic E-state index is 0.194. The molecule has 1 aliphatic heterocycles. The van der Waals surface area contributed by atoms with E-state index < -0.39 is 0 Å². The van der Waals surface area contributed by atoms with Gasteiger partial charge in [-0.05, 0) is 19.8 Å². The number of hydrogen-bond donors (Lipinski definition) is 0. The van der Waals surface area contributed by atoms with Crippen LogP contribution in [0.5, 0.6) is 0 Å². The topological polar surface area (TPSA) is 46.8 Å². The number of imidazole rings is 1. The summed E-state index contributed by atoms with van der Waals surface area (Å²) >= 11 is 1.66. The smallest absolute Gasteiger partial charge is 0.222 e. The molecule has 6 heteroatoms. The normalized spacial score (nSPS) is 16.7. The van der Waals surface area contributed by atoms with Crippen molar-refractivity contribution in [1.82, 2.24) is 14.3 Å². The molecular weight excluding hydrogens is 370 g/mol. The molecule has 1 fully saturated rings. The molecule has 5 nitrogen and oxygen atoms in total. The number of nitrogens with zero attached hydrogens (tertiary/aromatic N) is 3. The first kappa shape index (κ1) is 19.2. The van der Waals surface area contributed by atoms with Gasteiger partial charge in [-0.15, -0.1) is 11.3 Å². The van der Waals surface area contributed by atoms with Gasteiger partial charge < -0.3 is 9.64 Å². The molecule has 1 amide bonds. The lowest BCUT2D eigenvalue weighted by Crippen LogP contribution is -2.38. The highest BCUT2D eigenvalue weighted by Crippen LogP contribution is 2.24. The average Bonchev–Trinajstić information content (AvgIpc) is 3.43. The van der Waals surface area contributed by atoms with E-state index in [0.717, 1.165) is 48.6 Å². The molecule has 2 aromatic heterocycles. The highest BCUT2D eigenvalue weighted by Gasteiger charge is 2.22. The molecule has 148 valence electrons. The quantitative estimate of drug-likeness (QED) is 0.596. The average molecular weight is 398 g/mol. The SMILES string of the molecule is CCC(=O)N(CCc1csc2nc(-c3ccc(C)cc3)cn12)CC1CCCO1. The van der Waals surface area contributed by atoms with Crippen molar-refractivity contribution in [1.29, 1.82) is 0 Å². The molecule has 3 aromatic rings. The van der Waals surface area contributed by atoms with Crippen LogP contribution in [-0.4, -0.2) is 46.0 Å². The minimum absolute atomic E-state index is 0.194. The third-order valence-corrected chi connectivity index (χ3v) is 6.26. The fourth-order valence-electron chi connectivity index (χ4n) is 3.70. The summed E-state index contributed by atoms with van der Waals surface area (Å²) in [6, 6.07) is 8.46. The molecular formula is C22H27N3O2S. The first-order chi connectivity index (χ1) is 13.6. The van der Waals surface area contributed by atoms with E-state index in [1.807, 2.05) is 11.8 Å². The molecule has 1 aliphatic rings. The summed E-state index contributed by atoms with van der Waals surface area (Å²) in [6.45, 7) is 6.26. The molecule has 4 rings (SSSR count). The van der Waals surface area contributed by atoms with Crippen molar-refractivity contribution in [3.05, 3.63) is 47.1 Å². The predicted molar refractivity (Wildman–Crippen MR) is 113 cm³/mol. The number of fused-ring (bicyclic) bond motifs is 1. The molecule has 0 N–H and O–H groups in total. The van der Waals surface area contributed by atoms with E-state index >= 15 is 0 Å². The maximum absolute atomic E-state index is 12.4. The first-order valence-electron chi connectivity index (χ1n) is 10.1. The Bertz CT molecular complexity index is 939. The van der Waals surface area contributed by atoms with Gasteiger partial charge in [0.15, 0.2) is 4.96 Å². The van der Waals surface area contributed by atoms with Gasteiger partial charge in [0.2, 0.25) is 5.91 Å². The third kappa shape index (κ3) is 4.13. The number of rotatable bonds is 7. The Labute approximate surface area is 170 Å². The second-order valence-corrected chi connectivity index (χ2v) is 8.29. The van der Waals surface area contributed by atoms with E-state index in [4.69, 9.17) is 9.72 Å². The first-order valence-corrected chi connectivity index (χ1v) is 10.9. The van der Waals surface area contributed by atoms with Gasteiger partial charge in [-0.25, -0.2) is 4.98 Å². The Hall–Kier alpha value is -2.18. The van der Waals surface area contributed by atoms with Crippen LogP contribution in [0.1, 0.15) is 37.4 Å². The Morgan fingerprint density at radius 1 is 1.36 bits per heavy atom. The summed E-state index contributed by atoms with van der Waals surface area (Å²) in [5.74, 6) is 0.202. The van der Waals surface area contributed by atoms with E-state index in [0.29, 0.717) is 13.0 Å². The van der Waals surface area contributed by atoms with Crippen LogP contribution in [0.2, 0.25) is 0 Å². The second kappa shape index (κ2) is 8.45. The van der Waals surface area contributed by atoms with Gasteiger partial charge in [0.25, 0.3) is 0 Å². The van der Waals surface area contributed by atoms with Crippen LogP contribution in [0.25, 0.3) is 16.2 Å². The van der Waals surface area contributed by atoms with E-state index in [1.165, 1.54) is 11.3 Å². The lowest BCUT2D eigenvalue weighted by atomic mass is 10.1. The van der Waals surface area contributed by atoms with Crippen LogP contribution in [0.15, 0.2) is 35.8 Å². The maximum Gasteiger partial charge on any atom is 0.222 e. The van der Waals surface area contributed by atoms with E-state index in [2.05, 4.69) is 47.2 Å². The number of thiazole rings is 1. The van der Waals surface area contributed by atoms with Crippen molar-refractivity contribution in [3.8, 4) is 11.3 Å². The van der Waals surface area contributed by atoms with Crippen molar-refractivity contribution in [2.45, 2.75) is 45.6 Å². The van der Waals surface area contributed by atoms with Crippen LogP contribution in [-0.2, 0) is 16.0 Å². The van der Waals surface area contributed by atoms with E-state index in [1.54, 1.807) is 11.3 Å². The second-order valence-electron chi connectivity index (χ2n) is 7.45. The largest absolute Gasteiger partial charge is 0.376 e. The van der Waals surface area contributed by atoms with Crippen LogP contribution in [0, 0.1) is 6.92 Å². The van der Waals surface area contributed by atoms with Crippen LogP contribution >= 0.6 is 11.3 Å². The monoisotopic (exact) mass is 397 g/mol. The minimum Gasteiger partial charge on any atom is -0.376 e. The number of amides is 1. The van der Waals surface area contributed by atoms with Crippen molar-refractivity contribution in [3.63, 3.8) is 0 Å². The molecule has 0 aliphatic carbocycles. The van der Waals surface area contributed by atoms with Gasteiger partial charge in [-0.2, -0.15) is 0 Å². The summed E-state index contributed by atoms with van der Waals surface area (Å²) in [5.41, 5.74) is 4.58. The molecule has 0 spiro atoms. The fourth-order valence-corrected chi connectivity index (χ4v) is 4.60. The standard InChI is InChI=1S/C22H27N3O2S/c1-3-21(26)24(13-19-5-4-12-27-19)11-10-18-15-28-22-23-20(14-25(18)22)17-8-6-16(2)7-9-17/h6-9,14-15,19H,3-5,10-13H2,1-2H3. The summed E-state index contributed by atoms with van der Waals surface area (Å²) < 4.78 is 7.91. The van der Waals surface area contributed by atoms with Gasteiger partial charge in [0, 0.05) is 55.4 Å². The molecule has 0 saturated carbocycles. The van der Waals surface area contributed by atoms with Gasteiger partial charge >= 0.3 is 0 Å². The number of aromatic nitrogens is 2. The van der Waals surface area contributed by atoms with E-state index in [9.17, 15) is 4.79 Å². The van der Waals surface area contributed by atoms with Gasteiger partial charge in [-0.3, -0.25) is 9.20 Å². The number of carbonyl (C=O) groups excluding carboxylic acids is 1. The van der Waals surface area contributed by atoms with Crippen LogP contribution in [0.4, 0.5) is 0 Å². The highest BCUT2D eigenvalue weighted by molar-refractivity contribution is 7.15. The number of aryl methyl sites for hydroxylation is 1. The number of ether oxygens (including phenoxy) is 1. The molecule has 0 bridgehead atoms. The van der Waals surface area contributed by atoms with Gasteiger partial charge in [0.1, 0.15) is 0 Å². The lowest BCUT2D eigenvalue weighted by molar-refractivity contribution is -0.132. The number of carbonyl (C=O) groups is 1. The van der Waals surface area contributed by atoms with E-state index in [-0.39, 0.29) is 12.0 Å². The zero-order valence-electron chi connectivity index (χ0n) is 16.6. The number of hydrogen-bond acceptors (Lipinski definition) is 4. The number of benzene rings is 1. The summed E-state index contributed by atoms with van der Waals surface area (Å²) in [4.78, 5) is 20.1. The summed E-state index contributed by atoms with van der Waals surface area (Å²) in [5, 5.41) is 2.15. The van der Waals surface area contributed by atoms with Crippen molar-refractivity contribution < 1.29 is 9.53 Å². The molecule has 1 saturated heterocycles. The summed E-state index contributed by atoms with van der Waals surface area (Å²) in [6.07, 6.45) is 5.81. The Morgan fingerprint density at radius 2 is 2.18 bits per heavy atom. The molecule has 1 aromatic carbocycles. The van der Waals surface area contributed by atoms with Crippen LogP contribution in [0.3, 0.4) is 0 Å². The Balaban J connectivity index is 1.48. The van der Waals surface area contributed by atoms with Crippen molar-refractivity contribution in [2.24, 2.45) is 0 Å². The fraction of sp³-hybridized carbons (Fsp3) is 0.455. The van der Waals surface area contributed by atoms with Crippen LogP contribution < -0.4 is 0 Å². The molecule has 0 radical (unpaired) electrons. The van der Waals surface area contributed by atoms with Gasteiger partial charge in [0.05, 0.1) is 11.8 Å². The molecule has 3 heterocycles. The molecule has 1 unspecified atom stereocenters. The summed E-state index contributed by atoms with van der Waals surface area (Å²) in [7, 11) is 0. The maximum atomic E-state index is 12.4. The Morgan fingerprint density at radius 3 is 2.89 bits per heavy atom. The zero-order chi connectivity index (χ0) is 19.5. The predicted octanol–water partition coefficient (Wildman–Crippen LogP) is 4.33. The Kier molecular flexibility index (Phi) is 5.78. The highest BCUT2D eigenvalue weighted by atomic mass is 32.1. The molecule has 1 atom stereocenters. The third-order valence-electron chi connectivity index (χ3n) is 5.37. The molecule has 28 heavy (non-hydrogen) atoms. The van der Waals surface area contributed by atoms with Gasteiger partial charge in [-0.1, -0.05) is 36.8 Å². The zero-order valence-corrected chi connectivity index (χ0v) is 17.4. The van der Waals surface area contributed by atoms with Crippen molar-refractivity contribution >= 4 is 22.2 Å².